The van der Waals surface area contributed by atoms with Gasteiger partial charge in [0, 0.05) is 30.1 Å². The minimum atomic E-state index is -0.628. The summed E-state index contributed by atoms with van der Waals surface area (Å²) in [5, 5.41) is 21.9. The number of carbonyl (C=O) groups excluding carboxylic acids is 1. The molecule has 1 heterocycles. The first-order chi connectivity index (χ1) is 18.0. The van der Waals surface area contributed by atoms with Crippen LogP contribution in [0.15, 0.2) is 78.2 Å². The summed E-state index contributed by atoms with van der Waals surface area (Å²) in [6, 6.07) is 21.4. The Balaban J connectivity index is 1.36. The maximum absolute atomic E-state index is 13.5. The van der Waals surface area contributed by atoms with Gasteiger partial charge in [-0.25, -0.2) is 9.37 Å². The van der Waals surface area contributed by atoms with E-state index in [1.807, 2.05) is 53.9 Å². The van der Waals surface area contributed by atoms with Gasteiger partial charge in [0.05, 0.1) is 11.4 Å². The number of aliphatic hydroxyl groups excluding tert-OH is 1. The predicted molar refractivity (Wildman–Crippen MR) is 146 cm³/mol. The number of nitrogens with zero attached hydrogens (tertiary/aromatic N) is 1. The zero-order valence-electron chi connectivity index (χ0n) is 20.4. The van der Waals surface area contributed by atoms with Crippen molar-refractivity contribution in [3.8, 4) is 17.0 Å². The number of rotatable bonds is 12. The van der Waals surface area contributed by atoms with Gasteiger partial charge in [0.2, 0.25) is 5.91 Å². The highest BCUT2D eigenvalue weighted by Crippen LogP contribution is 2.33. The molecule has 0 aliphatic heterocycles. The maximum atomic E-state index is 13.5. The number of anilines is 3. The van der Waals surface area contributed by atoms with Crippen molar-refractivity contribution < 1.29 is 19.0 Å². The maximum Gasteiger partial charge on any atom is 0.221 e. The lowest BCUT2D eigenvalue weighted by atomic mass is 10.0. The van der Waals surface area contributed by atoms with E-state index in [2.05, 4.69) is 20.9 Å². The van der Waals surface area contributed by atoms with Crippen LogP contribution in [0.2, 0.25) is 0 Å². The molecular weight excluding hydrogens is 491 g/mol. The van der Waals surface area contributed by atoms with Crippen molar-refractivity contribution in [2.24, 2.45) is 0 Å². The minimum absolute atomic E-state index is 0.171. The van der Waals surface area contributed by atoms with Crippen LogP contribution in [0, 0.1) is 5.82 Å². The van der Waals surface area contributed by atoms with Crippen molar-refractivity contribution >= 4 is 33.8 Å². The van der Waals surface area contributed by atoms with Gasteiger partial charge in [0.15, 0.2) is 5.13 Å². The number of para-hydroxylation sites is 1. The Morgan fingerprint density at radius 3 is 2.73 bits per heavy atom. The number of amides is 1. The molecule has 4 rings (SSSR count). The number of aromatic nitrogens is 1. The quantitative estimate of drug-likeness (QED) is 0.191. The Labute approximate surface area is 219 Å². The Morgan fingerprint density at radius 2 is 1.95 bits per heavy atom. The summed E-state index contributed by atoms with van der Waals surface area (Å²) in [4.78, 5) is 16.4. The van der Waals surface area contributed by atoms with Crippen LogP contribution < -0.4 is 20.7 Å². The molecule has 0 aliphatic rings. The lowest BCUT2D eigenvalue weighted by Crippen LogP contribution is -2.32. The van der Waals surface area contributed by atoms with Crippen molar-refractivity contribution in [2.45, 2.75) is 19.4 Å². The first-order valence-electron chi connectivity index (χ1n) is 11.9. The van der Waals surface area contributed by atoms with E-state index in [4.69, 9.17) is 4.74 Å². The number of aliphatic hydroxyl groups is 1. The topological polar surface area (TPSA) is 95.5 Å². The summed E-state index contributed by atoms with van der Waals surface area (Å²) in [6.07, 6.45) is 0.0925. The molecule has 1 aromatic heterocycles. The van der Waals surface area contributed by atoms with Gasteiger partial charge in [0.25, 0.3) is 0 Å². The lowest BCUT2D eigenvalue weighted by molar-refractivity contribution is -0.114. The van der Waals surface area contributed by atoms with Crippen LogP contribution in [0.1, 0.15) is 12.5 Å². The fraction of sp³-hybridized carbons (Fsp3) is 0.214. The average molecular weight is 521 g/mol. The molecule has 1 amide bonds. The van der Waals surface area contributed by atoms with E-state index in [0.717, 1.165) is 23.3 Å². The molecule has 0 saturated heterocycles. The molecule has 0 bridgehead atoms. The molecular formula is C28H29FN4O3S. The molecule has 3 aromatic carbocycles. The number of halogens is 1. The molecule has 0 aliphatic carbocycles. The van der Waals surface area contributed by atoms with Gasteiger partial charge in [-0.05, 0) is 61.0 Å². The average Bonchev–Trinajstić information content (AvgIpc) is 3.34. The first kappa shape index (κ1) is 26.3. The molecule has 9 heteroatoms. The molecule has 1 unspecified atom stereocenters. The molecule has 192 valence electrons. The summed E-state index contributed by atoms with van der Waals surface area (Å²) < 4.78 is 19.1. The summed E-state index contributed by atoms with van der Waals surface area (Å²) in [5.74, 6) is 0.229. The first-order valence-corrected chi connectivity index (χ1v) is 12.8. The van der Waals surface area contributed by atoms with Gasteiger partial charge in [-0.3, -0.25) is 4.79 Å². The Bertz CT molecular complexity index is 1320. The van der Waals surface area contributed by atoms with Crippen molar-refractivity contribution in [2.75, 3.05) is 30.3 Å². The number of carbonyl (C=O) groups is 1. The van der Waals surface area contributed by atoms with Crippen LogP contribution >= 0.6 is 11.3 Å². The van der Waals surface area contributed by atoms with E-state index < -0.39 is 6.10 Å². The van der Waals surface area contributed by atoms with Crippen LogP contribution in [0.5, 0.6) is 5.75 Å². The molecule has 4 aromatic rings. The van der Waals surface area contributed by atoms with Gasteiger partial charge in [0.1, 0.15) is 24.3 Å². The van der Waals surface area contributed by atoms with Crippen LogP contribution in [0.25, 0.3) is 11.3 Å². The number of ether oxygens (including phenoxy) is 1. The number of hydrogen-bond donors (Lipinski definition) is 4. The molecule has 0 fully saturated rings. The Kier molecular flexibility index (Phi) is 9.20. The zero-order valence-corrected chi connectivity index (χ0v) is 21.2. The van der Waals surface area contributed by atoms with E-state index in [1.54, 1.807) is 12.1 Å². The van der Waals surface area contributed by atoms with E-state index in [1.165, 1.54) is 30.4 Å². The minimum Gasteiger partial charge on any atom is -0.491 e. The molecule has 0 spiro atoms. The van der Waals surface area contributed by atoms with Crippen LogP contribution in [-0.2, 0) is 11.2 Å². The summed E-state index contributed by atoms with van der Waals surface area (Å²) in [6.45, 7) is 2.74. The lowest BCUT2D eigenvalue weighted by Gasteiger charge is -2.14. The van der Waals surface area contributed by atoms with Crippen molar-refractivity contribution in [1.29, 1.82) is 0 Å². The SMILES string of the molecule is CC(=O)Nc1ccc(CCNCC(O)COc2ccccc2)cc1-c1csc(Nc2cccc(F)c2)n1. The van der Waals surface area contributed by atoms with Crippen LogP contribution in [0.4, 0.5) is 20.9 Å². The molecule has 0 radical (unpaired) electrons. The highest BCUT2D eigenvalue weighted by atomic mass is 32.1. The Hall–Kier alpha value is -3.79. The number of nitrogens with one attached hydrogen (secondary N) is 3. The number of benzene rings is 3. The molecule has 37 heavy (non-hydrogen) atoms. The monoisotopic (exact) mass is 520 g/mol. The van der Waals surface area contributed by atoms with E-state index in [9.17, 15) is 14.3 Å². The van der Waals surface area contributed by atoms with E-state index in [0.29, 0.717) is 35.3 Å². The van der Waals surface area contributed by atoms with Crippen molar-refractivity contribution in [1.82, 2.24) is 10.3 Å². The molecule has 7 nitrogen and oxygen atoms in total. The van der Waals surface area contributed by atoms with Crippen molar-refractivity contribution in [3.05, 3.63) is 89.6 Å². The van der Waals surface area contributed by atoms with E-state index >= 15 is 0 Å². The van der Waals surface area contributed by atoms with Gasteiger partial charge in [-0.2, -0.15) is 0 Å². The zero-order chi connectivity index (χ0) is 26.0. The van der Waals surface area contributed by atoms with Gasteiger partial charge in [-0.15, -0.1) is 11.3 Å². The van der Waals surface area contributed by atoms with Gasteiger partial charge >= 0.3 is 0 Å². The summed E-state index contributed by atoms with van der Waals surface area (Å²) in [5.41, 5.74) is 3.84. The summed E-state index contributed by atoms with van der Waals surface area (Å²) in [7, 11) is 0. The Morgan fingerprint density at radius 1 is 1.11 bits per heavy atom. The largest absolute Gasteiger partial charge is 0.491 e. The molecule has 4 N–H and O–H groups in total. The smallest absolute Gasteiger partial charge is 0.221 e. The number of thiazole rings is 1. The molecule has 1 atom stereocenters. The second kappa shape index (κ2) is 13.0. The highest BCUT2D eigenvalue weighted by molar-refractivity contribution is 7.14. The second-order valence-corrected chi connectivity index (χ2v) is 9.32. The fourth-order valence-corrected chi connectivity index (χ4v) is 4.40. The van der Waals surface area contributed by atoms with Crippen LogP contribution in [-0.4, -0.2) is 41.8 Å². The third-order valence-corrected chi connectivity index (χ3v) is 6.16. The normalized spacial score (nSPS) is 11.6. The van der Waals surface area contributed by atoms with Gasteiger partial charge in [-0.1, -0.05) is 30.3 Å². The fourth-order valence-electron chi connectivity index (χ4n) is 3.67. The number of hydrogen-bond acceptors (Lipinski definition) is 7. The van der Waals surface area contributed by atoms with Crippen LogP contribution in [0.3, 0.4) is 0 Å². The van der Waals surface area contributed by atoms with E-state index in [-0.39, 0.29) is 18.3 Å². The standard InChI is InChI=1S/C28H29FN4O3S/c1-19(34)31-26-11-10-20(12-13-30-16-23(35)17-36-24-8-3-2-4-9-24)14-25(26)27-18-37-28(33-27)32-22-7-5-6-21(29)15-22/h2-11,14-15,18,23,30,35H,12-13,16-17H2,1H3,(H,31,34)(H,32,33). The third-order valence-electron chi connectivity index (χ3n) is 5.41. The van der Waals surface area contributed by atoms with Crippen molar-refractivity contribution in [3.63, 3.8) is 0 Å². The van der Waals surface area contributed by atoms with Gasteiger partial charge < -0.3 is 25.8 Å². The third kappa shape index (κ3) is 8.11. The molecule has 0 saturated carbocycles. The summed E-state index contributed by atoms with van der Waals surface area (Å²) >= 11 is 1.40. The highest BCUT2D eigenvalue weighted by Gasteiger charge is 2.13. The predicted octanol–water partition coefficient (Wildman–Crippen LogP) is 5.22. The second-order valence-electron chi connectivity index (χ2n) is 8.47.